The molecule has 1 amide bonds. The van der Waals surface area contributed by atoms with Gasteiger partial charge in [0.05, 0.1) is 23.0 Å². The number of rotatable bonds is 8. The second kappa shape index (κ2) is 10.8. The van der Waals surface area contributed by atoms with Crippen LogP contribution in [0, 0.1) is 5.92 Å². The highest BCUT2D eigenvalue weighted by atomic mass is 35.5. The van der Waals surface area contributed by atoms with E-state index in [0.29, 0.717) is 45.8 Å². The number of aliphatic hydroxyl groups is 1. The van der Waals surface area contributed by atoms with Crippen LogP contribution in [0.25, 0.3) is 11.1 Å². The molecule has 1 heterocycles. The van der Waals surface area contributed by atoms with Gasteiger partial charge in [0.25, 0.3) is 10.1 Å². The predicted molar refractivity (Wildman–Crippen MR) is 149 cm³/mol. The molecule has 7 nitrogen and oxygen atoms in total. The number of β-lactam (4-membered cyclic amide) rings is 1. The van der Waals surface area contributed by atoms with Crippen LogP contribution in [0.3, 0.4) is 0 Å². The Morgan fingerprint density at radius 2 is 1.56 bits per heavy atom. The van der Waals surface area contributed by atoms with Gasteiger partial charge in [-0.05, 0) is 72.0 Å². The molecule has 0 aliphatic carbocycles. The summed E-state index contributed by atoms with van der Waals surface area (Å²) in [5.74, 6) is -0.552. The van der Waals surface area contributed by atoms with Crippen LogP contribution in [0.5, 0.6) is 5.75 Å². The standard InChI is InChI=1S/C30H26ClNO6S/c31-22-6-4-5-21(17-22)27(33)16-15-26-29(32(30(26)35)23-7-2-1-3-8-23)25-14-11-20(18-28(25)34)19-9-12-24(13-10-19)39(36,37)38/h1-14,17-18,26-27,29,33-34H,15-16H2,(H,36,37,38). The first kappa shape index (κ1) is 26.9. The lowest BCUT2D eigenvalue weighted by Crippen LogP contribution is -2.55. The average molecular weight is 564 g/mol. The fourth-order valence-corrected chi connectivity index (χ4v) is 5.75. The molecule has 4 aromatic carbocycles. The van der Waals surface area contributed by atoms with Crippen molar-refractivity contribution in [2.75, 3.05) is 4.90 Å². The van der Waals surface area contributed by atoms with Crippen LogP contribution in [-0.4, -0.2) is 29.1 Å². The summed E-state index contributed by atoms with van der Waals surface area (Å²) >= 11 is 6.07. The molecule has 200 valence electrons. The van der Waals surface area contributed by atoms with Crippen LogP contribution in [0.15, 0.2) is 102 Å². The van der Waals surface area contributed by atoms with Crippen molar-refractivity contribution >= 4 is 33.3 Å². The van der Waals surface area contributed by atoms with Crippen molar-refractivity contribution in [1.82, 2.24) is 0 Å². The van der Waals surface area contributed by atoms with Crippen LogP contribution >= 0.6 is 11.6 Å². The van der Waals surface area contributed by atoms with E-state index in [1.54, 1.807) is 59.5 Å². The van der Waals surface area contributed by atoms with Crippen molar-refractivity contribution in [3.63, 3.8) is 0 Å². The number of carbonyl (C=O) groups is 1. The minimum atomic E-state index is -4.31. The number of benzene rings is 4. The van der Waals surface area contributed by atoms with Crippen molar-refractivity contribution < 1.29 is 28.0 Å². The van der Waals surface area contributed by atoms with Crippen LogP contribution in [0.2, 0.25) is 5.02 Å². The Kier molecular flexibility index (Phi) is 7.46. The van der Waals surface area contributed by atoms with Gasteiger partial charge in [-0.3, -0.25) is 9.35 Å². The second-order valence-electron chi connectivity index (χ2n) is 9.52. The van der Waals surface area contributed by atoms with E-state index in [0.717, 1.165) is 0 Å². The van der Waals surface area contributed by atoms with E-state index in [2.05, 4.69) is 0 Å². The molecule has 1 aliphatic heterocycles. The van der Waals surface area contributed by atoms with Crippen molar-refractivity contribution in [3.8, 4) is 16.9 Å². The van der Waals surface area contributed by atoms with Gasteiger partial charge in [-0.15, -0.1) is 0 Å². The molecule has 0 saturated carbocycles. The summed E-state index contributed by atoms with van der Waals surface area (Å²) in [5, 5.41) is 22.4. The van der Waals surface area contributed by atoms with Crippen LogP contribution in [0.1, 0.15) is 36.1 Å². The van der Waals surface area contributed by atoms with Crippen molar-refractivity contribution in [1.29, 1.82) is 0 Å². The zero-order valence-corrected chi connectivity index (χ0v) is 22.3. The van der Waals surface area contributed by atoms with E-state index < -0.39 is 28.2 Å². The molecule has 39 heavy (non-hydrogen) atoms. The minimum Gasteiger partial charge on any atom is -0.508 e. The Labute approximate surface area is 231 Å². The lowest BCUT2D eigenvalue weighted by Gasteiger charge is -2.48. The molecular formula is C30H26ClNO6S. The first-order chi connectivity index (χ1) is 18.6. The zero-order chi connectivity index (χ0) is 27.7. The van der Waals surface area contributed by atoms with Gasteiger partial charge in [-0.2, -0.15) is 8.42 Å². The number of phenolic OH excluding ortho intramolecular Hbond substituents is 1. The van der Waals surface area contributed by atoms with E-state index in [1.807, 2.05) is 30.3 Å². The third-order valence-corrected chi connectivity index (χ3v) is 8.17. The molecule has 3 N–H and O–H groups in total. The maximum atomic E-state index is 13.3. The number of halogens is 1. The monoisotopic (exact) mass is 563 g/mol. The summed E-state index contributed by atoms with van der Waals surface area (Å²) in [5.41, 5.74) is 3.25. The average Bonchev–Trinajstić information content (AvgIpc) is 2.92. The van der Waals surface area contributed by atoms with Gasteiger partial charge in [0.2, 0.25) is 5.91 Å². The van der Waals surface area contributed by atoms with E-state index in [4.69, 9.17) is 11.6 Å². The molecule has 1 fully saturated rings. The lowest BCUT2D eigenvalue weighted by molar-refractivity contribution is -0.131. The lowest BCUT2D eigenvalue weighted by atomic mass is 9.77. The van der Waals surface area contributed by atoms with Crippen molar-refractivity contribution in [2.24, 2.45) is 5.92 Å². The maximum absolute atomic E-state index is 13.3. The van der Waals surface area contributed by atoms with Crippen LogP contribution < -0.4 is 4.90 Å². The Morgan fingerprint density at radius 1 is 0.872 bits per heavy atom. The Morgan fingerprint density at radius 3 is 2.21 bits per heavy atom. The smallest absolute Gasteiger partial charge is 0.294 e. The van der Waals surface area contributed by atoms with Gasteiger partial charge in [0.1, 0.15) is 5.75 Å². The number of amides is 1. The summed E-state index contributed by atoms with van der Waals surface area (Å²) in [4.78, 5) is 14.8. The highest BCUT2D eigenvalue weighted by molar-refractivity contribution is 7.85. The van der Waals surface area contributed by atoms with E-state index in [1.165, 1.54) is 12.1 Å². The fourth-order valence-electron chi connectivity index (χ4n) is 5.07. The van der Waals surface area contributed by atoms with E-state index in [-0.39, 0.29) is 16.6 Å². The molecule has 5 rings (SSSR count). The summed E-state index contributed by atoms with van der Waals surface area (Å²) in [6, 6.07) is 26.6. The fraction of sp³-hybridized carbons (Fsp3) is 0.167. The van der Waals surface area contributed by atoms with Crippen molar-refractivity contribution in [2.45, 2.75) is 29.9 Å². The second-order valence-corrected chi connectivity index (χ2v) is 11.4. The molecular weight excluding hydrogens is 538 g/mol. The van der Waals surface area contributed by atoms with Gasteiger partial charge in [0, 0.05) is 16.3 Å². The number of aliphatic hydroxyl groups excluding tert-OH is 1. The molecule has 0 radical (unpaired) electrons. The molecule has 0 bridgehead atoms. The number of nitrogens with zero attached hydrogens (tertiary/aromatic N) is 1. The summed E-state index contributed by atoms with van der Waals surface area (Å²) in [7, 11) is -4.31. The largest absolute Gasteiger partial charge is 0.508 e. The summed E-state index contributed by atoms with van der Waals surface area (Å²) in [6.45, 7) is 0. The molecule has 3 atom stereocenters. The van der Waals surface area contributed by atoms with Crippen LogP contribution in [-0.2, 0) is 14.9 Å². The molecule has 1 saturated heterocycles. The molecule has 1 aliphatic rings. The molecule has 3 unspecified atom stereocenters. The normalized spacial score (nSPS) is 18.0. The third-order valence-electron chi connectivity index (χ3n) is 7.07. The Hall–Kier alpha value is -3.69. The highest BCUT2D eigenvalue weighted by Crippen LogP contribution is 2.49. The minimum absolute atomic E-state index is 0.00910. The first-order valence-electron chi connectivity index (χ1n) is 12.4. The van der Waals surface area contributed by atoms with E-state index >= 15 is 0 Å². The number of anilines is 1. The number of para-hydroxylation sites is 1. The Bertz CT molecular complexity index is 1610. The molecule has 0 spiro atoms. The molecule has 4 aromatic rings. The van der Waals surface area contributed by atoms with Crippen LogP contribution in [0.4, 0.5) is 5.69 Å². The van der Waals surface area contributed by atoms with E-state index in [9.17, 15) is 28.0 Å². The third kappa shape index (κ3) is 5.55. The maximum Gasteiger partial charge on any atom is 0.294 e. The predicted octanol–water partition coefficient (Wildman–Crippen LogP) is 6.18. The zero-order valence-electron chi connectivity index (χ0n) is 20.7. The SMILES string of the molecule is O=C1C(CCC(O)c2cccc(Cl)c2)C(c2ccc(-c3ccc(S(=O)(=O)O)cc3)cc2O)N1c1ccccc1. The number of aromatic hydroxyl groups is 1. The number of carbonyl (C=O) groups excluding carboxylic acids is 1. The van der Waals surface area contributed by atoms with Crippen molar-refractivity contribution in [3.05, 3.63) is 113 Å². The van der Waals surface area contributed by atoms with Gasteiger partial charge >= 0.3 is 0 Å². The quantitative estimate of drug-likeness (QED) is 0.174. The topological polar surface area (TPSA) is 115 Å². The Balaban J connectivity index is 1.43. The molecule has 0 aromatic heterocycles. The highest BCUT2D eigenvalue weighted by Gasteiger charge is 2.49. The molecule has 9 heteroatoms. The first-order valence-corrected chi connectivity index (χ1v) is 14.2. The van der Waals surface area contributed by atoms with Gasteiger partial charge in [0.15, 0.2) is 0 Å². The van der Waals surface area contributed by atoms with Gasteiger partial charge < -0.3 is 15.1 Å². The number of hydrogen-bond acceptors (Lipinski definition) is 5. The summed E-state index contributed by atoms with van der Waals surface area (Å²) < 4.78 is 31.9. The number of phenols is 1. The summed E-state index contributed by atoms with van der Waals surface area (Å²) in [6.07, 6.45) is -0.0437. The number of hydrogen-bond donors (Lipinski definition) is 3. The van der Waals surface area contributed by atoms with Gasteiger partial charge in [-0.1, -0.05) is 66.2 Å². The van der Waals surface area contributed by atoms with Gasteiger partial charge in [-0.25, -0.2) is 0 Å².